The molecule has 3 heteroatoms. The molecule has 6 aromatic carbocycles. The fraction of sp³-hybridized carbons (Fsp3) is 0.0488. The van der Waals surface area contributed by atoms with Crippen LogP contribution in [0.3, 0.4) is 0 Å². The number of rotatable bonds is 4. The number of oxazole rings is 1. The zero-order valence-electron chi connectivity index (χ0n) is 24.0. The predicted molar refractivity (Wildman–Crippen MR) is 183 cm³/mol. The van der Waals surface area contributed by atoms with E-state index in [-0.39, 0.29) is 0 Å². The molecule has 1 aliphatic rings. The summed E-state index contributed by atoms with van der Waals surface area (Å²) < 4.78 is 8.44. The van der Waals surface area contributed by atoms with Crippen LogP contribution in [0.25, 0.3) is 72.0 Å². The smallest absolute Gasteiger partial charge is 0.227 e. The second-order valence-corrected chi connectivity index (χ2v) is 11.6. The summed E-state index contributed by atoms with van der Waals surface area (Å²) in [6.07, 6.45) is 8.02. The standard InChI is InChI=1S/C41H28N2O/c1-2-8-27(9-3-1)28-18-21-34(22-19-28)43-38-12-6-4-10-35(38)36-26-32(20-23-39(36)43)30-14-15-31-25-33(17-16-29(31)24-30)41-42-37-11-5-7-13-40(37)44-41/h1-18,20-26,28H,19H2. The van der Waals surface area contributed by atoms with Gasteiger partial charge >= 0.3 is 0 Å². The highest BCUT2D eigenvalue weighted by molar-refractivity contribution is 6.11. The van der Waals surface area contributed by atoms with Crippen LogP contribution in [0.1, 0.15) is 17.9 Å². The first kappa shape index (κ1) is 24.9. The molecule has 1 aliphatic carbocycles. The Morgan fingerprint density at radius 1 is 0.614 bits per heavy atom. The lowest BCUT2D eigenvalue weighted by Gasteiger charge is -2.18. The molecule has 44 heavy (non-hydrogen) atoms. The molecule has 2 heterocycles. The van der Waals surface area contributed by atoms with E-state index >= 15 is 0 Å². The van der Waals surface area contributed by atoms with Gasteiger partial charge in [0.1, 0.15) is 5.52 Å². The first-order valence-electron chi connectivity index (χ1n) is 15.2. The molecule has 3 nitrogen and oxygen atoms in total. The quantitative estimate of drug-likeness (QED) is 0.213. The van der Waals surface area contributed by atoms with Gasteiger partial charge in [0.2, 0.25) is 5.89 Å². The van der Waals surface area contributed by atoms with E-state index in [2.05, 4.69) is 137 Å². The first-order chi connectivity index (χ1) is 21.8. The van der Waals surface area contributed by atoms with Gasteiger partial charge < -0.3 is 8.98 Å². The number of aromatic nitrogens is 2. The van der Waals surface area contributed by atoms with Gasteiger partial charge in [0, 0.05) is 28.0 Å². The summed E-state index contributed by atoms with van der Waals surface area (Å²) in [6.45, 7) is 0. The van der Waals surface area contributed by atoms with Crippen molar-refractivity contribution in [3.63, 3.8) is 0 Å². The highest BCUT2D eigenvalue weighted by Crippen LogP contribution is 2.38. The maximum atomic E-state index is 6.02. The third-order valence-electron chi connectivity index (χ3n) is 8.95. The summed E-state index contributed by atoms with van der Waals surface area (Å²) in [7, 11) is 0. The Kier molecular flexibility index (Phi) is 5.63. The van der Waals surface area contributed by atoms with Crippen molar-refractivity contribution in [3.8, 4) is 22.6 Å². The van der Waals surface area contributed by atoms with E-state index in [1.807, 2.05) is 24.3 Å². The van der Waals surface area contributed by atoms with Crippen molar-refractivity contribution in [1.82, 2.24) is 9.55 Å². The molecule has 1 unspecified atom stereocenters. The second kappa shape index (κ2) is 9.96. The highest BCUT2D eigenvalue weighted by atomic mass is 16.3. The zero-order chi connectivity index (χ0) is 29.0. The van der Waals surface area contributed by atoms with Crippen LogP contribution in [-0.4, -0.2) is 9.55 Å². The minimum absolute atomic E-state index is 0.415. The van der Waals surface area contributed by atoms with Crippen molar-refractivity contribution in [1.29, 1.82) is 0 Å². The van der Waals surface area contributed by atoms with Gasteiger partial charge in [-0.1, -0.05) is 97.1 Å². The lowest BCUT2D eigenvalue weighted by atomic mass is 9.92. The van der Waals surface area contributed by atoms with E-state index < -0.39 is 0 Å². The van der Waals surface area contributed by atoms with Gasteiger partial charge in [-0.25, -0.2) is 4.98 Å². The van der Waals surface area contributed by atoms with Crippen LogP contribution in [0, 0.1) is 0 Å². The van der Waals surface area contributed by atoms with Crippen molar-refractivity contribution in [2.24, 2.45) is 0 Å². The van der Waals surface area contributed by atoms with Gasteiger partial charge in [-0.05, 0) is 88.5 Å². The van der Waals surface area contributed by atoms with Gasteiger partial charge in [-0.3, -0.25) is 0 Å². The molecule has 0 amide bonds. The Hall–Kier alpha value is -5.67. The molecule has 2 aromatic heterocycles. The summed E-state index contributed by atoms with van der Waals surface area (Å²) in [6, 6.07) is 47.4. The summed E-state index contributed by atoms with van der Waals surface area (Å²) in [5.74, 6) is 1.07. The molecule has 9 rings (SSSR count). The third kappa shape index (κ3) is 4.09. The number of allylic oxidation sites excluding steroid dienone is 4. The van der Waals surface area contributed by atoms with Crippen LogP contribution < -0.4 is 0 Å². The number of fused-ring (bicyclic) bond motifs is 5. The average molecular weight is 565 g/mol. The number of nitrogens with zero attached hydrogens (tertiary/aromatic N) is 2. The number of hydrogen-bond donors (Lipinski definition) is 0. The minimum Gasteiger partial charge on any atom is -0.436 e. The molecule has 1 atom stereocenters. The van der Waals surface area contributed by atoms with Gasteiger partial charge in [-0.2, -0.15) is 0 Å². The van der Waals surface area contributed by atoms with E-state index in [0.29, 0.717) is 11.8 Å². The summed E-state index contributed by atoms with van der Waals surface area (Å²) in [5.41, 5.74) is 10.1. The molecule has 8 aromatic rings. The van der Waals surface area contributed by atoms with Crippen LogP contribution in [0.2, 0.25) is 0 Å². The Balaban J connectivity index is 1.09. The van der Waals surface area contributed by atoms with Crippen LogP contribution in [0.4, 0.5) is 0 Å². The van der Waals surface area contributed by atoms with Crippen LogP contribution >= 0.6 is 0 Å². The van der Waals surface area contributed by atoms with E-state index in [1.54, 1.807) is 0 Å². The molecular formula is C41H28N2O. The first-order valence-corrected chi connectivity index (χ1v) is 15.2. The maximum Gasteiger partial charge on any atom is 0.227 e. The van der Waals surface area contributed by atoms with Crippen molar-refractivity contribution < 1.29 is 4.42 Å². The monoisotopic (exact) mass is 564 g/mol. The van der Waals surface area contributed by atoms with E-state index in [4.69, 9.17) is 4.42 Å². The van der Waals surface area contributed by atoms with Crippen molar-refractivity contribution in [2.45, 2.75) is 12.3 Å². The lowest BCUT2D eigenvalue weighted by molar-refractivity contribution is 0.620. The molecule has 0 bridgehead atoms. The normalized spacial score (nSPS) is 15.0. The maximum absolute atomic E-state index is 6.02. The minimum atomic E-state index is 0.415. The Morgan fingerprint density at radius 2 is 1.32 bits per heavy atom. The van der Waals surface area contributed by atoms with Gasteiger partial charge in [0.25, 0.3) is 0 Å². The number of para-hydroxylation sites is 3. The molecule has 0 saturated carbocycles. The van der Waals surface area contributed by atoms with Crippen molar-refractivity contribution >= 4 is 49.4 Å². The van der Waals surface area contributed by atoms with E-state index in [1.165, 1.54) is 49.6 Å². The topological polar surface area (TPSA) is 31.0 Å². The third-order valence-corrected chi connectivity index (χ3v) is 8.95. The number of hydrogen-bond acceptors (Lipinski definition) is 2. The van der Waals surface area contributed by atoms with E-state index in [0.717, 1.165) is 28.5 Å². The predicted octanol–water partition coefficient (Wildman–Crippen LogP) is 11.0. The highest BCUT2D eigenvalue weighted by Gasteiger charge is 2.17. The molecule has 0 N–H and O–H groups in total. The SMILES string of the molecule is C1=CC(c2ccccc2)CC=C1n1c2ccccc2c2cc(-c3ccc4cc(-c5nc6ccccc6o5)ccc4c3)ccc21. The molecule has 0 fully saturated rings. The fourth-order valence-electron chi connectivity index (χ4n) is 6.71. The average Bonchev–Trinajstić information content (AvgIpc) is 3.68. The molecule has 0 saturated heterocycles. The Labute approximate surface area is 255 Å². The molecular weight excluding hydrogens is 536 g/mol. The molecule has 208 valence electrons. The lowest BCUT2D eigenvalue weighted by Crippen LogP contribution is -2.02. The summed E-state index contributed by atoms with van der Waals surface area (Å²) in [4.78, 5) is 4.69. The van der Waals surface area contributed by atoms with Crippen LogP contribution in [0.15, 0.2) is 156 Å². The zero-order valence-corrected chi connectivity index (χ0v) is 24.0. The Morgan fingerprint density at radius 3 is 2.16 bits per heavy atom. The summed E-state index contributed by atoms with van der Waals surface area (Å²) >= 11 is 0. The Bertz CT molecular complexity index is 2390. The summed E-state index contributed by atoms with van der Waals surface area (Å²) in [5, 5.41) is 4.89. The molecule has 0 aliphatic heterocycles. The van der Waals surface area contributed by atoms with Crippen molar-refractivity contribution in [3.05, 3.63) is 157 Å². The van der Waals surface area contributed by atoms with Gasteiger partial charge in [0.15, 0.2) is 5.58 Å². The largest absolute Gasteiger partial charge is 0.436 e. The molecule has 0 spiro atoms. The van der Waals surface area contributed by atoms with Crippen LogP contribution in [-0.2, 0) is 0 Å². The molecule has 0 radical (unpaired) electrons. The van der Waals surface area contributed by atoms with Crippen LogP contribution in [0.5, 0.6) is 0 Å². The van der Waals surface area contributed by atoms with Gasteiger partial charge in [0.05, 0.1) is 11.0 Å². The second-order valence-electron chi connectivity index (χ2n) is 11.6. The van der Waals surface area contributed by atoms with Crippen molar-refractivity contribution in [2.75, 3.05) is 0 Å². The van der Waals surface area contributed by atoms with E-state index in [9.17, 15) is 0 Å². The van der Waals surface area contributed by atoms with Gasteiger partial charge in [-0.15, -0.1) is 0 Å². The fourth-order valence-corrected chi connectivity index (χ4v) is 6.71. The number of benzene rings is 6.